The SMILES string of the molecule is CCCc1nc(-c2cc(Br)c3c(c2)OCO3)sc1C(=O)O. The lowest BCUT2D eigenvalue weighted by atomic mass is 10.2. The Balaban J connectivity index is 2.06. The van der Waals surface area contributed by atoms with Crippen LogP contribution >= 0.6 is 27.3 Å². The van der Waals surface area contributed by atoms with Gasteiger partial charge in [0.1, 0.15) is 9.88 Å². The molecule has 1 aromatic carbocycles. The first-order valence-electron chi connectivity index (χ1n) is 6.42. The molecule has 0 saturated carbocycles. The van der Waals surface area contributed by atoms with Crippen molar-refractivity contribution in [3.05, 3.63) is 27.2 Å². The van der Waals surface area contributed by atoms with Crippen LogP contribution in [0.5, 0.6) is 11.5 Å². The van der Waals surface area contributed by atoms with Crippen molar-refractivity contribution in [1.82, 2.24) is 4.98 Å². The van der Waals surface area contributed by atoms with E-state index in [0.29, 0.717) is 33.5 Å². The molecule has 7 heteroatoms. The highest BCUT2D eigenvalue weighted by atomic mass is 79.9. The van der Waals surface area contributed by atoms with Crippen LogP contribution in [0.3, 0.4) is 0 Å². The topological polar surface area (TPSA) is 68.7 Å². The normalized spacial score (nSPS) is 12.7. The molecule has 21 heavy (non-hydrogen) atoms. The van der Waals surface area contributed by atoms with Crippen LogP contribution in [0.2, 0.25) is 0 Å². The molecule has 2 aromatic rings. The van der Waals surface area contributed by atoms with E-state index in [1.807, 2.05) is 19.1 Å². The second kappa shape index (κ2) is 5.65. The highest BCUT2D eigenvalue weighted by molar-refractivity contribution is 9.10. The summed E-state index contributed by atoms with van der Waals surface area (Å²) in [5.74, 6) is 0.382. The van der Waals surface area contributed by atoms with Crippen molar-refractivity contribution in [2.24, 2.45) is 0 Å². The predicted molar refractivity (Wildman–Crippen MR) is 82.3 cm³/mol. The van der Waals surface area contributed by atoms with E-state index in [1.54, 1.807) is 0 Å². The Morgan fingerprint density at radius 2 is 2.29 bits per heavy atom. The Morgan fingerprint density at radius 3 is 3.00 bits per heavy atom. The highest BCUT2D eigenvalue weighted by Crippen LogP contribution is 2.43. The Labute approximate surface area is 133 Å². The third-order valence-corrected chi connectivity index (χ3v) is 4.78. The summed E-state index contributed by atoms with van der Waals surface area (Å²) in [6.07, 6.45) is 1.51. The maximum atomic E-state index is 11.3. The molecule has 0 unspecified atom stereocenters. The lowest BCUT2D eigenvalue weighted by Gasteiger charge is -2.02. The van der Waals surface area contributed by atoms with Crippen molar-refractivity contribution in [2.75, 3.05) is 6.79 Å². The first kappa shape index (κ1) is 14.3. The van der Waals surface area contributed by atoms with Gasteiger partial charge in [-0.15, -0.1) is 11.3 Å². The lowest BCUT2D eigenvalue weighted by molar-refractivity contribution is 0.0700. The summed E-state index contributed by atoms with van der Waals surface area (Å²) < 4.78 is 11.5. The van der Waals surface area contributed by atoms with Gasteiger partial charge in [-0.25, -0.2) is 9.78 Å². The van der Waals surface area contributed by atoms with E-state index < -0.39 is 5.97 Å². The van der Waals surface area contributed by atoms with Crippen LogP contribution in [-0.4, -0.2) is 22.9 Å². The van der Waals surface area contributed by atoms with Crippen molar-refractivity contribution in [2.45, 2.75) is 19.8 Å². The Kier molecular flexibility index (Phi) is 3.86. The molecule has 110 valence electrons. The summed E-state index contributed by atoms with van der Waals surface area (Å²) in [6.45, 7) is 2.19. The summed E-state index contributed by atoms with van der Waals surface area (Å²) in [6, 6.07) is 3.70. The van der Waals surface area contributed by atoms with E-state index in [0.717, 1.165) is 16.5 Å². The summed E-state index contributed by atoms with van der Waals surface area (Å²) >= 11 is 4.62. The third kappa shape index (κ3) is 2.63. The van der Waals surface area contributed by atoms with Gasteiger partial charge in [0.2, 0.25) is 6.79 Å². The fraction of sp³-hybridized carbons (Fsp3) is 0.286. The Morgan fingerprint density at radius 1 is 1.48 bits per heavy atom. The van der Waals surface area contributed by atoms with Crippen molar-refractivity contribution >= 4 is 33.2 Å². The Hall–Kier alpha value is -1.60. The van der Waals surface area contributed by atoms with E-state index in [9.17, 15) is 9.90 Å². The number of benzene rings is 1. The van der Waals surface area contributed by atoms with Crippen LogP contribution in [0, 0.1) is 0 Å². The third-order valence-electron chi connectivity index (χ3n) is 3.05. The number of hydrogen-bond acceptors (Lipinski definition) is 5. The van der Waals surface area contributed by atoms with Crippen molar-refractivity contribution in [3.63, 3.8) is 0 Å². The first-order valence-corrected chi connectivity index (χ1v) is 8.03. The number of fused-ring (bicyclic) bond motifs is 1. The molecular formula is C14H12BrNO4S. The minimum atomic E-state index is -0.929. The molecular weight excluding hydrogens is 358 g/mol. The molecule has 0 bridgehead atoms. The van der Waals surface area contributed by atoms with Crippen LogP contribution in [0.15, 0.2) is 16.6 Å². The molecule has 5 nitrogen and oxygen atoms in total. The second-order valence-corrected chi connectivity index (χ2v) is 6.40. The van der Waals surface area contributed by atoms with Gasteiger partial charge < -0.3 is 14.6 Å². The van der Waals surface area contributed by atoms with Crippen molar-refractivity contribution in [3.8, 4) is 22.1 Å². The molecule has 1 aliphatic rings. The standard InChI is InChI=1S/C14H12BrNO4S/c1-2-3-9-12(14(17)18)21-13(16-9)7-4-8(15)11-10(5-7)19-6-20-11/h4-5H,2-3,6H2,1H3,(H,17,18). The number of carbonyl (C=O) groups is 1. The number of aromatic nitrogens is 1. The maximum absolute atomic E-state index is 11.3. The van der Waals surface area contributed by atoms with Crippen molar-refractivity contribution in [1.29, 1.82) is 0 Å². The van der Waals surface area contributed by atoms with Crippen molar-refractivity contribution < 1.29 is 19.4 Å². The van der Waals surface area contributed by atoms with Crippen LogP contribution in [0.4, 0.5) is 0 Å². The summed E-state index contributed by atoms with van der Waals surface area (Å²) in [5, 5.41) is 9.95. The molecule has 0 amide bonds. The van der Waals surface area contributed by atoms with Gasteiger partial charge in [-0.2, -0.15) is 0 Å². The summed E-state index contributed by atoms with van der Waals surface area (Å²) in [5.41, 5.74) is 1.46. The number of halogens is 1. The van der Waals surface area contributed by atoms with Gasteiger partial charge in [-0.1, -0.05) is 13.3 Å². The molecule has 0 fully saturated rings. The minimum absolute atomic E-state index is 0.191. The predicted octanol–water partition coefficient (Wildman–Crippen LogP) is 3.95. The quantitative estimate of drug-likeness (QED) is 0.883. The van der Waals surface area contributed by atoms with Crippen LogP contribution in [0.1, 0.15) is 28.7 Å². The van der Waals surface area contributed by atoms with Gasteiger partial charge in [0.15, 0.2) is 11.5 Å². The lowest BCUT2D eigenvalue weighted by Crippen LogP contribution is -1.98. The van der Waals surface area contributed by atoms with Gasteiger partial charge in [0, 0.05) is 5.56 Å². The molecule has 3 rings (SSSR count). The van der Waals surface area contributed by atoms with Gasteiger partial charge in [0.05, 0.1) is 10.2 Å². The molecule has 2 heterocycles. The Bertz CT molecular complexity index is 713. The average molecular weight is 370 g/mol. The van der Waals surface area contributed by atoms with E-state index in [2.05, 4.69) is 20.9 Å². The molecule has 1 aromatic heterocycles. The number of aryl methyl sites for hydroxylation is 1. The smallest absolute Gasteiger partial charge is 0.347 e. The van der Waals surface area contributed by atoms with Crippen LogP contribution < -0.4 is 9.47 Å². The fourth-order valence-electron chi connectivity index (χ4n) is 2.14. The fourth-order valence-corrected chi connectivity index (χ4v) is 3.63. The number of aromatic carboxylic acids is 1. The van der Waals surface area contributed by atoms with Gasteiger partial charge in [-0.05, 0) is 34.5 Å². The van der Waals surface area contributed by atoms with E-state index in [1.165, 1.54) is 11.3 Å². The number of ether oxygens (including phenoxy) is 2. The number of thiazole rings is 1. The molecule has 0 saturated heterocycles. The molecule has 1 aliphatic heterocycles. The molecule has 0 radical (unpaired) electrons. The average Bonchev–Trinajstić information content (AvgIpc) is 3.05. The summed E-state index contributed by atoms with van der Waals surface area (Å²) in [7, 11) is 0. The molecule has 0 spiro atoms. The number of carboxylic acids is 1. The van der Waals surface area contributed by atoms with Gasteiger partial charge in [-0.3, -0.25) is 0 Å². The number of rotatable bonds is 4. The molecule has 0 atom stereocenters. The maximum Gasteiger partial charge on any atom is 0.347 e. The highest BCUT2D eigenvalue weighted by Gasteiger charge is 2.22. The second-order valence-electron chi connectivity index (χ2n) is 4.54. The molecule has 1 N–H and O–H groups in total. The number of hydrogen-bond donors (Lipinski definition) is 1. The van der Waals surface area contributed by atoms with E-state index in [-0.39, 0.29) is 6.79 Å². The van der Waals surface area contributed by atoms with Crippen LogP contribution in [0.25, 0.3) is 10.6 Å². The minimum Gasteiger partial charge on any atom is -0.477 e. The largest absolute Gasteiger partial charge is 0.477 e. The van der Waals surface area contributed by atoms with Gasteiger partial charge >= 0.3 is 5.97 Å². The summed E-state index contributed by atoms with van der Waals surface area (Å²) in [4.78, 5) is 16.1. The first-order chi connectivity index (χ1) is 10.1. The van der Waals surface area contributed by atoms with E-state index in [4.69, 9.17) is 9.47 Å². The zero-order valence-electron chi connectivity index (χ0n) is 11.2. The van der Waals surface area contributed by atoms with Gasteiger partial charge in [0.25, 0.3) is 0 Å². The zero-order valence-corrected chi connectivity index (χ0v) is 13.6. The number of carboxylic acid groups (broad SMARTS) is 1. The number of nitrogens with zero attached hydrogens (tertiary/aromatic N) is 1. The zero-order chi connectivity index (χ0) is 15.0. The van der Waals surface area contributed by atoms with Crippen LogP contribution in [-0.2, 0) is 6.42 Å². The van der Waals surface area contributed by atoms with E-state index >= 15 is 0 Å². The molecule has 0 aliphatic carbocycles. The monoisotopic (exact) mass is 369 g/mol.